The van der Waals surface area contributed by atoms with Gasteiger partial charge in [0.25, 0.3) is 5.91 Å². The van der Waals surface area contributed by atoms with Crippen molar-refractivity contribution in [2.24, 2.45) is 0 Å². The van der Waals surface area contributed by atoms with Crippen LogP contribution in [0.3, 0.4) is 0 Å². The van der Waals surface area contributed by atoms with Crippen LogP contribution in [0.4, 0.5) is 23.5 Å². The highest BCUT2D eigenvalue weighted by Crippen LogP contribution is 2.33. The highest BCUT2D eigenvalue weighted by atomic mass is 32.1. The van der Waals surface area contributed by atoms with Gasteiger partial charge in [0.05, 0.1) is 17.1 Å². The molecule has 0 fully saturated rings. The summed E-state index contributed by atoms with van der Waals surface area (Å²) in [5.74, 6) is -1.28. The molecule has 1 amide bonds. The molecular formula is C21H13F4N7OS. The minimum absolute atomic E-state index is 0.0817. The van der Waals surface area contributed by atoms with E-state index in [4.69, 9.17) is 0 Å². The zero-order valence-electron chi connectivity index (χ0n) is 17.0. The average molecular weight is 487 g/mol. The number of amides is 1. The molecule has 34 heavy (non-hydrogen) atoms. The number of thiophene rings is 1. The molecule has 0 bridgehead atoms. The maximum atomic E-state index is 13.7. The molecule has 0 aliphatic heterocycles. The van der Waals surface area contributed by atoms with Crippen LogP contribution in [0.1, 0.15) is 21.7 Å². The van der Waals surface area contributed by atoms with Gasteiger partial charge in [0, 0.05) is 6.07 Å². The number of benzene rings is 1. The number of nitrogens with one attached hydrogen (secondary N) is 1. The molecule has 0 radical (unpaired) electrons. The summed E-state index contributed by atoms with van der Waals surface area (Å²) in [7, 11) is 0. The Balaban J connectivity index is 1.41. The molecule has 13 heteroatoms. The first-order chi connectivity index (χ1) is 16.3. The highest BCUT2D eigenvalue weighted by Gasteiger charge is 2.35. The lowest BCUT2D eigenvalue weighted by molar-refractivity contribution is -0.142. The molecule has 5 aromatic rings. The van der Waals surface area contributed by atoms with Crippen molar-refractivity contribution in [1.82, 2.24) is 29.4 Å². The number of nitrogens with zero attached hydrogens (tertiary/aromatic N) is 6. The van der Waals surface area contributed by atoms with E-state index >= 15 is 0 Å². The summed E-state index contributed by atoms with van der Waals surface area (Å²) in [5.41, 5.74) is -0.719. The summed E-state index contributed by atoms with van der Waals surface area (Å²) in [6.07, 6.45) is -3.38. The maximum absolute atomic E-state index is 13.7. The first-order valence-corrected chi connectivity index (χ1v) is 10.6. The van der Waals surface area contributed by atoms with Gasteiger partial charge in [-0.3, -0.25) is 10.1 Å². The molecule has 0 atom stereocenters. The van der Waals surface area contributed by atoms with Gasteiger partial charge in [0.1, 0.15) is 12.1 Å². The first kappa shape index (κ1) is 21.7. The van der Waals surface area contributed by atoms with Crippen LogP contribution in [0.2, 0.25) is 0 Å². The van der Waals surface area contributed by atoms with E-state index in [0.717, 1.165) is 12.1 Å². The Bertz CT molecular complexity index is 1490. The molecule has 0 unspecified atom stereocenters. The van der Waals surface area contributed by atoms with Gasteiger partial charge in [-0.15, -0.1) is 16.4 Å². The van der Waals surface area contributed by atoms with Gasteiger partial charge in [-0.05, 0) is 35.2 Å². The fourth-order valence-corrected chi connectivity index (χ4v) is 3.94. The van der Waals surface area contributed by atoms with Crippen molar-refractivity contribution in [3.8, 4) is 10.6 Å². The number of anilines is 1. The number of rotatable bonds is 5. The Hall–Kier alpha value is -4.13. The van der Waals surface area contributed by atoms with Crippen LogP contribution in [0.15, 0.2) is 60.2 Å². The van der Waals surface area contributed by atoms with Crippen molar-refractivity contribution in [2.75, 3.05) is 5.32 Å². The molecule has 8 nitrogen and oxygen atoms in total. The second-order valence-electron chi connectivity index (χ2n) is 7.15. The molecule has 0 saturated heterocycles. The van der Waals surface area contributed by atoms with Gasteiger partial charge in [0.15, 0.2) is 17.0 Å². The first-order valence-electron chi connectivity index (χ1n) is 9.73. The van der Waals surface area contributed by atoms with Crippen LogP contribution in [0.5, 0.6) is 0 Å². The molecular weight excluding hydrogens is 474 g/mol. The van der Waals surface area contributed by atoms with Crippen LogP contribution in [-0.2, 0) is 12.7 Å². The number of aromatic nitrogens is 6. The monoisotopic (exact) mass is 487 g/mol. The Labute approximate surface area is 192 Å². The second-order valence-corrected chi connectivity index (χ2v) is 8.10. The molecule has 1 N–H and O–H groups in total. The predicted octanol–water partition coefficient (Wildman–Crippen LogP) is 4.51. The molecule has 1 aromatic carbocycles. The fraction of sp³-hybridized carbons (Fsp3) is 0.0952. The number of hydrogen-bond acceptors (Lipinski definition) is 6. The van der Waals surface area contributed by atoms with Crippen LogP contribution < -0.4 is 5.32 Å². The minimum Gasteiger partial charge on any atom is -0.288 e. The van der Waals surface area contributed by atoms with Crippen molar-refractivity contribution >= 4 is 28.8 Å². The molecule has 4 heterocycles. The van der Waals surface area contributed by atoms with Gasteiger partial charge in [-0.25, -0.2) is 23.6 Å². The number of carbonyl (C=O) groups excluding carboxylic acids is 1. The van der Waals surface area contributed by atoms with Crippen LogP contribution in [0.25, 0.3) is 16.2 Å². The lowest BCUT2D eigenvalue weighted by Crippen LogP contribution is -2.16. The van der Waals surface area contributed by atoms with Crippen molar-refractivity contribution < 1.29 is 22.4 Å². The highest BCUT2D eigenvalue weighted by molar-refractivity contribution is 7.13. The summed E-state index contributed by atoms with van der Waals surface area (Å²) in [4.78, 5) is 21.4. The molecule has 0 saturated carbocycles. The molecule has 0 aliphatic carbocycles. The number of fused-ring (bicyclic) bond motifs is 1. The third-order valence-corrected chi connectivity index (χ3v) is 5.61. The minimum atomic E-state index is -4.72. The maximum Gasteiger partial charge on any atom is 0.433 e. The lowest BCUT2D eigenvalue weighted by atomic mass is 10.2. The SMILES string of the molecule is O=C(Nc1ncn(Cc2cccc(F)c2)n1)c1cc2nc(-c3cccs3)cc(C(F)(F)F)n2n1. The second kappa shape index (κ2) is 8.33. The van der Waals surface area contributed by atoms with E-state index in [1.807, 2.05) is 0 Å². The largest absolute Gasteiger partial charge is 0.433 e. The van der Waals surface area contributed by atoms with E-state index in [1.54, 1.807) is 29.6 Å². The third kappa shape index (κ3) is 4.37. The van der Waals surface area contributed by atoms with E-state index in [0.29, 0.717) is 15.0 Å². The Kier molecular flexibility index (Phi) is 5.32. The van der Waals surface area contributed by atoms with Crippen LogP contribution in [0, 0.1) is 5.82 Å². The van der Waals surface area contributed by atoms with Crippen molar-refractivity contribution in [3.05, 3.63) is 83.0 Å². The third-order valence-electron chi connectivity index (χ3n) is 4.72. The van der Waals surface area contributed by atoms with Crippen LogP contribution in [-0.4, -0.2) is 35.3 Å². The number of alkyl halides is 3. The standard InChI is InChI=1S/C21H13F4N7OS/c22-13-4-1-3-12(7-13)10-31-11-26-20(30-31)28-19(33)15-9-18-27-14(16-5-2-6-34-16)8-17(21(23,24)25)32(18)29-15/h1-9,11H,10H2,(H,28,30,33). The van der Waals surface area contributed by atoms with Crippen molar-refractivity contribution in [3.63, 3.8) is 0 Å². The smallest absolute Gasteiger partial charge is 0.288 e. The number of carbonyl (C=O) groups is 1. The number of halogens is 4. The summed E-state index contributed by atoms with van der Waals surface area (Å²) in [6, 6.07) is 11.3. The van der Waals surface area contributed by atoms with E-state index in [9.17, 15) is 22.4 Å². The summed E-state index contributed by atoms with van der Waals surface area (Å²) >= 11 is 1.24. The summed E-state index contributed by atoms with van der Waals surface area (Å²) < 4.78 is 56.3. The molecule has 0 spiro atoms. The zero-order chi connectivity index (χ0) is 23.9. The quantitative estimate of drug-likeness (QED) is 0.369. The lowest BCUT2D eigenvalue weighted by Gasteiger charge is -2.10. The molecule has 172 valence electrons. The topological polar surface area (TPSA) is 90.0 Å². The van der Waals surface area contributed by atoms with Crippen LogP contribution >= 0.6 is 11.3 Å². The van der Waals surface area contributed by atoms with Crippen molar-refractivity contribution in [2.45, 2.75) is 12.7 Å². The van der Waals surface area contributed by atoms with Gasteiger partial charge in [-0.2, -0.15) is 18.3 Å². The van der Waals surface area contributed by atoms with Gasteiger partial charge in [0.2, 0.25) is 5.95 Å². The molecule has 4 aromatic heterocycles. The average Bonchev–Trinajstić information content (AvgIpc) is 3.53. The van der Waals surface area contributed by atoms with Gasteiger partial charge >= 0.3 is 6.18 Å². The summed E-state index contributed by atoms with van der Waals surface area (Å²) in [6.45, 7) is 0.208. The molecule has 5 rings (SSSR count). The number of hydrogen-bond donors (Lipinski definition) is 1. The zero-order valence-corrected chi connectivity index (χ0v) is 17.8. The van der Waals surface area contributed by atoms with Gasteiger partial charge < -0.3 is 0 Å². The van der Waals surface area contributed by atoms with E-state index < -0.39 is 23.6 Å². The van der Waals surface area contributed by atoms with Crippen molar-refractivity contribution in [1.29, 1.82) is 0 Å². The molecule has 0 aliphatic rings. The van der Waals surface area contributed by atoms with E-state index in [-0.39, 0.29) is 29.5 Å². The fourth-order valence-electron chi connectivity index (χ4n) is 3.25. The van der Waals surface area contributed by atoms with E-state index in [2.05, 4.69) is 25.5 Å². The summed E-state index contributed by atoms with van der Waals surface area (Å²) in [5, 5.41) is 12.0. The van der Waals surface area contributed by atoms with Gasteiger partial charge in [-0.1, -0.05) is 18.2 Å². The Morgan fingerprint density at radius 3 is 2.68 bits per heavy atom. The normalized spacial score (nSPS) is 11.8. The Morgan fingerprint density at radius 2 is 1.94 bits per heavy atom. The predicted molar refractivity (Wildman–Crippen MR) is 115 cm³/mol. The Morgan fingerprint density at radius 1 is 1.09 bits per heavy atom. The van der Waals surface area contributed by atoms with E-state index in [1.165, 1.54) is 34.5 Å².